The van der Waals surface area contributed by atoms with Crippen molar-refractivity contribution in [3.8, 4) is 11.1 Å². The predicted molar refractivity (Wildman–Crippen MR) is 61.5 cm³/mol. The van der Waals surface area contributed by atoms with E-state index >= 15 is 0 Å². The smallest absolute Gasteiger partial charge is 0.123 e. The van der Waals surface area contributed by atoms with Gasteiger partial charge in [0.15, 0.2) is 0 Å². The molecule has 0 amide bonds. The molecule has 3 aromatic rings. The molecule has 2 heterocycles. The highest BCUT2D eigenvalue weighted by molar-refractivity contribution is 5.92. The van der Waals surface area contributed by atoms with Gasteiger partial charge >= 0.3 is 0 Å². The van der Waals surface area contributed by atoms with Gasteiger partial charge < -0.3 is 4.98 Å². The van der Waals surface area contributed by atoms with Gasteiger partial charge in [0, 0.05) is 18.0 Å². The molecule has 1 aromatic carbocycles. The molecule has 2 aromatic heterocycles. The Kier molecular flexibility index (Phi) is 1.96. The molecule has 0 spiro atoms. The van der Waals surface area contributed by atoms with Crippen LogP contribution in [-0.4, -0.2) is 9.97 Å². The van der Waals surface area contributed by atoms with E-state index < -0.39 is 0 Å². The number of halogens is 1. The lowest BCUT2D eigenvalue weighted by Gasteiger charge is -1.98. The van der Waals surface area contributed by atoms with Crippen molar-refractivity contribution in [2.24, 2.45) is 0 Å². The first kappa shape index (κ1) is 9.09. The summed E-state index contributed by atoms with van der Waals surface area (Å²) in [4.78, 5) is 7.41. The third-order valence-corrected chi connectivity index (χ3v) is 2.57. The first-order valence-corrected chi connectivity index (χ1v) is 5.02. The van der Waals surface area contributed by atoms with E-state index in [1.807, 2.05) is 24.4 Å². The van der Waals surface area contributed by atoms with Crippen LogP contribution in [0.25, 0.3) is 22.2 Å². The van der Waals surface area contributed by atoms with Crippen LogP contribution in [0.2, 0.25) is 0 Å². The van der Waals surface area contributed by atoms with Crippen molar-refractivity contribution in [3.05, 3.63) is 54.6 Å². The molecule has 0 aliphatic carbocycles. The summed E-state index contributed by atoms with van der Waals surface area (Å²) in [6, 6.07) is 10.3. The van der Waals surface area contributed by atoms with Crippen LogP contribution in [0.4, 0.5) is 4.39 Å². The minimum absolute atomic E-state index is 0.234. The lowest BCUT2D eigenvalue weighted by Crippen LogP contribution is -1.79. The summed E-state index contributed by atoms with van der Waals surface area (Å²) in [5.41, 5.74) is 3.59. The monoisotopic (exact) mass is 212 g/mol. The molecule has 1 N–H and O–H groups in total. The van der Waals surface area contributed by atoms with Crippen molar-refractivity contribution < 1.29 is 4.39 Å². The highest BCUT2D eigenvalue weighted by Gasteiger charge is 2.06. The maximum Gasteiger partial charge on any atom is 0.123 e. The van der Waals surface area contributed by atoms with Crippen LogP contribution >= 0.6 is 0 Å². The van der Waals surface area contributed by atoms with Gasteiger partial charge in [0.25, 0.3) is 0 Å². The summed E-state index contributed by atoms with van der Waals surface area (Å²) < 4.78 is 13.1. The van der Waals surface area contributed by atoms with Gasteiger partial charge in [0.1, 0.15) is 5.82 Å². The van der Waals surface area contributed by atoms with E-state index in [1.165, 1.54) is 12.1 Å². The highest BCUT2D eigenvalue weighted by atomic mass is 19.1. The zero-order chi connectivity index (χ0) is 11.0. The Balaban J connectivity index is 2.26. The Morgan fingerprint density at radius 2 is 2.06 bits per heavy atom. The van der Waals surface area contributed by atoms with Crippen LogP contribution in [0.3, 0.4) is 0 Å². The van der Waals surface area contributed by atoms with Gasteiger partial charge in [0.05, 0.1) is 11.0 Å². The van der Waals surface area contributed by atoms with Crippen LogP contribution in [0.1, 0.15) is 0 Å². The summed E-state index contributed by atoms with van der Waals surface area (Å²) >= 11 is 0. The topological polar surface area (TPSA) is 28.7 Å². The molecule has 0 saturated carbocycles. The summed E-state index contributed by atoms with van der Waals surface area (Å²) in [6.07, 6.45) is 3.59. The van der Waals surface area contributed by atoms with Gasteiger partial charge in [-0.15, -0.1) is 0 Å². The quantitative estimate of drug-likeness (QED) is 0.658. The van der Waals surface area contributed by atoms with Crippen molar-refractivity contribution in [2.45, 2.75) is 0 Å². The average Bonchev–Trinajstić information content (AvgIpc) is 2.72. The van der Waals surface area contributed by atoms with Crippen LogP contribution in [-0.2, 0) is 0 Å². The van der Waals surface area contributed by atoms with Crippen molar-refractivity contribution in [1.29, 1.82) is 0 Å². The molecular weight excluding hydrogens is 203 g/mol. The fraction of sp³-hybridized carbons (Fsp3) is 0. The summed E-state index contributed by atoms with van der Waals surface area (Å²) in [6.45, 7) is 0. The Morgan fingerprint density at radius 1 is 1.12 bits per heavy atom. The molecule has 0 bridgehead atoms. The number of hydrogen-bond donors (Lipinski definition) is 1. The number of hydrogen-bond acceptors (Lipinski definition) is 1. The summed E-state index contributed by atoms with van der Waals surface area (Å²) in [5.74, 6) is -0.234. The van der Waals surface area contributed by atoms with Gasteiger partial charge in [0.2, 0.25) is 0 Å². The zero-order valence-electron chi connectivity index (χ0n) is 8.44. The van der Waals surface area contributed by atoms with Crippen LogP contribution in [0.5, 0.6) is 0 Å². The third-order valence-electron chi connectivity index (χ3n) is 2.57. The highest BCUT2D eigenvalue weighted by Crippen LogP contribution is 2.26. The molecule has 78 valence electrons. The maximum absolute atomic E-state index is 13.1. The lowest BCUT2D eigenvalue weighted by atomic mass is 10.1. The molecule has 2 nitrogen and oxygen atoms in total. The summed E-state index contributed by atoms with van der Waals surface area (Å²) in [5, 5.41) is 0. The predicted octanol–water partition coefficient (Wildman–Crippen LogP) is 3.37. The van der Waals surface area contributed by atoms with E-state index in [-0.39, 0.29) is 5.82 Å². The minimum Gasteiger partial charge on any atom is -0.359 e. The number of H-pyrrole nitrogens is 1. The van der Waals surface area contributed by atoms with Crippen LogP contribution in [0.15, 0.2) is 48.8 Å². The molecule has 0 atom stereocenters. The second-order valence-electron chi connectivity index (χ2n) is 3.61. The maximum atomic E-state index is 13.1. The van der Waals surface area contributed by atoms with Gasteiger partial charge in [-0.3, -0.25) is 4.98 Å². The Labute approximate surface area is 91.8 Å². The van der Waals surface area contributed by atoms with Gasteiger partial charge in [-0.05, 0) is 29.8 Å². The van der Waals surface area contributed by atoms with E-state index in [4.69, 9.17) is 0 Å². The van der Waals surface area contributed by atoms with Gasteiger partial charge in [-0.25, -0.2) is 4.39 Å². The first-order chi connectivity index (χ1) is 7.84. The van der Waals surface area contributed by atoms with E-state index in [1.54, 1.807) is 12.3 Å². The number of benzene rings is 1. The Bertz CT molecular complexity index is 643. The van der Waals surface area contributed by atoms with Crippen molar-refractivity contribution in [2.75, 3.05) is 0 Å². The normalized spacial score (nSPS) is 10.8. The molecule has 3 rings (SSSR count). The van der Waals surface area contributed by atoms with Crippen molar-refractivity contribution in [3.63, 3.8) is 0 Å². The molecule has 0 aliphatic rings. The van der Waals surface area contributed by atoms with Crippen molar-refractivity contribution in [1.82, 2.24) is 9.97 Å². The SMILES string of the molecule is Fc1cccc(-c2c[nH]c3cccnc23)c1. The number of nitrogens with zero attached hydrogens (tertiary/aromatic N) is 1. The van der Waals surface area contributed by atoms with Crippen molar-refractivity contribution >= 4 is 11.0 Å². The Hall–Kier alpha value is -2.16. The molecule has 0 aliphatic heterocycles. The fourth-order valence-electron chi connectivity index (χ4n) is 1.83. The van der Waals surface area contributed by atoms with E-state index in [0.29, 0.717) is 0 Å². The Morgan fingerprint density at radius 3 is 2.94 bits per heavy atom. The van der Waals surface area contributed by atoms with Gasteiger partial charge in [-0.1, -0.05) is 12.1 Å². The van der Waals surface area contributed by atoms with Gasteiger partial charge in [-0.2, -0.15) is 0 Å². The van der Waals surface area contributed by atoms with E-state index in [0.717, 1.165) is 22.2 Å². The molecular formula is C13H9FN2. The number of aromatic amines is 1. The number of rotatable bonds is 1. The number of pyridine rings is 1. The number of fused-ring (bicyclic) bond motifs is 1. The number of aromatic nitrogens is 2. The average molecular weight is 212 g/mol. The zero-order valence-corrected chi connectivity index (χ0v) is 8.44. The number of nitrogens with one attached hydrogen (secondary N) is 1. The van der Waals surface area contributed by atoms with Crippen LogP contribution in [0, 0.1) is 5.82 Å². The van der Waals surface area contributed by atoms with E-state index in [2.05, 4.69) is 9.97 Å². The molecule has 0 saturated heterocycles. The molecule has 3 heteroatoms. The second-order valence-corrected chi connectivity index (χ2v) is 3.61. The molecule has 0 radical (unpaired) electrons. The largest absolute Gasteiger partial charge is 0.359 e. The third kappa shape index (κ3) is 1.37. The fourth-order valence-corrected chi connectivity index (χ4v) is 1.83. The lowest BCUT2D eigenvalue weighted by molar-refractivity contribution is 0.628. The standard InChI is InChI=1S/C13H9FN2/c14-10-4-1-3-9(7-10)11-8-16-12-5-2-6-15-13(11)12/h1-8,16H. The molecule has 0 unspecified atom stereocenters. The first-order valence-electron chi connectivity index (χ1n) is 5.02. The molecule has 0 fully saturated rings. The minimum atomic E-state index is -0.234. The van der Waals surface area contributed by atoms with Crippen LogP contribution < -0.4 is 0 Å². The summed E-state index contributed by atoms with van der Waals surface area (Å²) in [7, 11) is 0. The van der Waals surface area contributed by atoms with E-state index in [9.17, 15) is 4.39 Å². The molecule has 16 heavy (non-hydrogen) atoms. The second kappa shape index (κ2) is 3.45.